The number of methoxy groups -OCH3 is 1. The molecule has 0 radical (unpaired) electrons. The van der Waals surface area contributed by atoms with E-state index in [2.05, 4.69) is 38.5 Å². The monoisotopic (exact) mass is 298 g/mol. The van der Waals surface area contributed by atoms with E-state index in [-0.39, 0.29) is 5.97 Å². The van der Waals surface area contributed by atoms with Crippen molar-refractivity contribution in [3.05, 3.63) is 11.1 Å². The van der Waals surface area contributed by atoms with Crippen LogP contribution in [0.15, 0.2) is 5.38 Å². The molecule has 0 bridgehead atoms. The van der Waals surface area contributed by atoms with Crippen molar-refractivity contribution in [3.63, 3.8) is 0 Å². The third-order valence-electron chi connectivity index (χ3n) is 3.39. The van der Waals surface area contributed by atoms with Crippen LogP contribution in [0.3, 0.4) is 0 Å². The van der Waals surface area contributed by atoms with Gasteiger partial charge in [0.15, 0.2) is 10.8 Å². The average Bonchev–Trinajstić information content (AvgIpc) is 2.94. The quantitative estimate of drug-likeness (QED) is 0.743. The Balaban J connectivity index is 1.84. The lowest BCUT2D eigenvalue weighted by Crippen LogP contribution is -2.48. The Bertz CT molecular complexity index is 441. The van der Waals surface area contributed by atoms with Gasteiger partial charge in [-0.25, -0.2) is 9.78 Å². The summed E-state index contributed by atoms with van der Waals surface area (Å²) < 4.78 is 4.68. The number of rotatable bonds is 5. The first kappa shape index (κ1) is 15.2. The molecule has 0 spiro atoms. The highest BCUT2D eigenvalue weighted by Gasteiger charge is 2.20. The van der Waals surface area contributed by atoms with Gasteiger partial charge in [0.2, 0.25) is 0 Å². The molecule has 0 atom stereocenters. The summed E-state index contributed by atoms with van der Waals surface area (Å²) in [7, 11) is 5.57. The topological polar surface area (TPSA) is 48.9 Å². The van der Waals surface area contributed by atoms with E-state index in [9.17, 15) is 4.79 Å². The van der Waals surface area contributed by atoms with Crippen molar-refractivity contribution >= 4 is 22.4 Å². The van der Waals surface area contributed by atoms with Gasteiger partial charge in [-0.2, -0.15) is 0 Å². The third kappa shape index (κ3) is 3.91. The first-order valence-electron chi connectivity index (χ1n) is 6.76. The van der Waals surface area contributed by atoms with Gasteiger partial charge >= 0.3 is 5.97 Å². The first-order valence-corrected chi connectivity index (χ1v) is 7.64. The van der Waals surface area contributed by atoms with E-state index in [1.165, 1.54) is 18.4 Å². The molecule has 0 aromatic carbocycles. The van der Waals surface area contributed by atoms with E-state index in [0.29, 0.717) is 5.69 Å². The molecule has 1 aliphatic rings. The highest BCUT2D eigenvalue weighted by atomic mass is 32.1. The van der Waals surface area contributed by atoms with Gasteiger partial charge in [-0.3, -0.25) is 4.90 Å². The number of ether oxygens (including phenoxy) is 1. The van der Waals surface area contributed by atoms with Gasteiger partial charge < -0.3 is 14.5 Å². The molecule has 0 unspecified atom stereocenters. The number of carbonyl (C=O) groups is 1. The van der Waals surface area contributed by atoms with Crippen LogP contribution in [0.2, 0.25) is 0 Å². The second kappa shape index (κ2) is 7.01. The van der Waals surface area contributed by atoms with Gasteiger partial charge in [-0.15, -0.1) is 11.3 Å². The summed E-state index contributed by atoms with van der Waals surface area (Å²) in [6, 6.07) is 0. The molecule has 1 aromatic rings. The molecule has 112 valence electrons. The van der Waals surface area contributed by atoms with Crippen LogP contribution in [0.5, 0.6) is 0 Å². The SMILES string of the molecule is COC(=O)c1csc(N2CCN(CCN(C)C)CC2)n1. The molecule has 0 N–H and O–H groups in total. The molecule has 2 rings (SSSR count). The van der Waals surface area contributed by atoms with Gasteiger partial charge in [-0.05, 0) is 14.1 Å². The fraction of sp³-hybridized carbons (Fsp3) is 0.692. The highest BCUT2D eigenvalue weighted by molar-refractivity contribution is 7.13. The summed E-state index contributed by atoms with van der Waals surface area (Å²) in [6.07, 6.45) is 0. The van der Waals surface area contributed by atoms with Crippen molar-refractivity contribution in [1.82, 2.24) is 14.8 Å². The predicted molar refractivity (Wildman–Crippen MR) is 80.7 cm³/mol. The lowest BCUT2D eigenvalue weighted by Gasteiger charge is -2.35. The van der Waals surface area contributed by atoms with Crippen molar-refractivity contribution in [2.24, 2.45) is 0 Å². The zero-order valence-electron chi connectivity index (χ0n) is 12.3. The molecule has 7 heteroatoms. The summed E-state index contributed by atoms with van der Waals surface area (Å²) in [5.74, 6) is -0.364. The summed E-state index contributed by atoms with van der Waals surface area (Å²) in [4.78, 5) is 22.7. The number of hydrogen-bond acceptors (Lipinski definition) is 7. The number of piperazine rings is 1. The Labute approximate surface area is 123 Å². The van der Waals surface area contributed by atoms with Crippen molar-refractivity contribution in [3.8, 4) is 0 Å². The molecular formula is C13H22N4O2S. The van der Waals surface area contributed by atoms with Gasteiger partial charge in [0.1, 0.15) is 0 Å². The van der Waals surface area contributed by atoms with Gasteiger partial charge in [0, 0.05) is 44.6 Å². The molecule has 1 saturated heterocycles. The molecule has 0 saturated carbocycles. The molecular weight excluding hydrogens is 276 g/mol. The van der Waals surface area contributed by atoms with Crippen LogP contribution in [-0.4, -0.2) is 81.2 Å². The minimum Gasteiger partial charge on any atom is -0.464 e. The molecule has 2 heterocycles. The van der Waals surface area contributed by atoms with Crippen LogP contribution in [0.4, 0.5) is 5.13 Å². The van der Waals surface area contributed by atoms with E-state index in [4.69, 9.17) is 0 Å². The molecule has 0 amide bonds. The van der Waals surface area contributed by atoms with Crippen molar-refractivity contribution in [1.29, 1.82) is 0 Å². The molecule has 0 aliphatic carbocycles. The predicted octanol–water partition coefficient (Wildman–Crippen LogP) is 0.613. The zero-order chi connectivity index (χ0) is 14.5. The summed E-state index contributed by atoms with van der Waals surface area (Å²) in [5.41, 5.74) is 0.405. The highest BCUT2D eigenvalue weighted by Crippen LogP contribution is 2.22. The summed E-state index contributed by atoms with van der Waals surface area (Å²) in [6.45, 7) is 6.20. The Morgan fingerprint density at radius 2 is 2.10 bits per heavy atom. The number of hydrogen-bond donors (Lipinski definition) is 0. The van der Waals surface area contributed by atoms with Crippen LogP contribution >= 0.6 is 11.3 Å². The number of thiazole rings is 1. The molecule has 1 aliphatic heterocycles. The van der Waals surface area contributed by atoms with Crippen LogP contribution in [0.1, 0.15) is 10.5 Å². The maximum atomic E-state index is 11.4. The first-order chi connectivity index (χ1) is 9.60. The standard InChI is InChI=1S/C13H22N4O2S/c1-15(2)4-5-16-6-8-17(9-7-16)13-14-11(10-20-13)12(18)19-3/h10H,4-9H2,1-3H3. The zero-order valence-corrected chi connectivity index (χ0v) is 13.2. The third-order valence-corrected chi connectivity index (χ3v) is 4.29. The van der Waals surface area contributed by atoms with Gasteiger partial charge in [0.25, 0.3) is 0 Å². The smallest absolute Gasteiger partial charge is 0.357 e. The Hall–Kier alpha value is -1.18. The van der Waals surface area contributed by atoms with Crippen LogP contribution in [-0.2, 0) is 4.74 Å². The van der Waals surface area contributed by atoms with Crippen molar-refractivity contribution in [2.75, 3.05) is 65.4 Å². The number of likely N-dealkylation sites (N-methyl/N-ethyl adjacent to an activating group) is 1. The number of carbonyl (C=O) groups excluding carboxylic acids is 1. The summed E-state index contributed by atoms with van der Waals surface area (Å²) >= 11 is 1.51. The van der Waals surface area contributed by atoms with E-state index in [0.717, 1.165) is 44.4 Å². The van der Waals surface area contributed by atoms with Crippen LogP contribution in [0.25, 0.3) is 0 Å². The minimum atomic E-state index is -0.364. The van der Waals surface area contributed by atoms with Crippen molar-refractivity contribution in [2.45, 2.75) is 0 Å². The fourth-order valence-electron chi connectivity index (χ4n) is 2.11. The maximum absolute atomic E-state index is 11.4. The molecule has 1 aromatic heterocycles. The molecule has 20 heavy (non-hydrogen) atoms. The van der Waals surface area contributed by atoms with E-state index >= 15 is 0 Å². The Morgan fingerprint density at radius 3 is 2.70 bits per heavy atom. The number of aromatic nitrogens is 1. The van der Waals surface area contributed by atoms with Crippen LogP contribution < -0.4 is 4.90 Å². The fourth-order valence-corrected chi connectivity index (χ4v) is 2.96. The van der Waals surface area contributed by atoms with Gasteiger partial charge in [0.05, 0.1) is 7.11 Å². The minimum absolute atomic E-state index is 0.364. The lowest BCUT2D eigenvalue weighted by molar-refractivity contribution is 0.0595. The number of anilines is 1. The molecule has 6 nitrogen and oxygen atoms in total. The maximum Gasteiger partial charge on any atom is 0.357 e. The van der Waals surface area contributed by atoms with Gasteiger partial charge in [-0.1, -0.05) is 0 Å². The van der Waals surface area contributed by atoms with Crippen LogP contribution in [0, 0.1) is 0 Å². The van der Waals surface area contributed by atoms with E-state index in [1.54, 1.807) is 5.38 Å². The summed E-state index contributed by atoms with van der Waals surface area (Å²) in [5, 5.41) is 2.68. The second-order valence-electron chi connectivity index (χ2n) is 5.14. The Kier molecular flexibility index (Phi) is 5.33. The Morgan fingerprint density at radius 1 is 1.40 bits per heavy atom. The van der Waals surface area contributed by atoms with E-state index in [1.807, 2.05) is 0 Å². The normalized spacial score (nSPS) is 16.7. The average molecular weight is 298 g/mol. The number of esters is 1. The number of nitrogens with zero attached hydrogens (tertiary/aromatic N) is 4. The largest absolute Gasteiger partial charge is 0.464 e. The molecule has 1 fully saturated rings. The van der Waals surface area contributed by atoms with Crippen molar-refractivity contribution < 1.29 is 9.53 Å². The lowest BCUT2D eigenvalue weighted by atomic mass is 10.3. The second-order valence-corrected chi connectivity index (χ2v) is 5.98. The van der Waals surface area contributed by atoms with E-state index < -0.39 is 0 Å².